The maximum Gasteiger partial charge on any atom is 0.0547 e. The molecule has 0 spiro atoms. The van der Waals surface area contributed by atoms with E-state index in [1.165, 1.54) is 60.9 Å². The normalized spacial score (nSPS) is 12.2. The van der Waals surface area contributed by atoms with Gasteiger partial charge in [-0.05, 0) is 64.1 Å². The van der Waals surface area contributed by atoms with Gasteiger partial charge in [-0.3, -0.25) is 0 Å². The fraction of sp³-hybridized carbons (Fsp3) is 0.0323. The van der Waals surface area contributed by atoms with Crippen LogP contribution < -0.4 is 0 Å². The predicted molar refractivity (Wildman–Crippen MR) is 134 cm³/mol. The Kier molecular flexibility index (Phi) is 3.68. The molecule has 1 nitrogen and oxygen atoms in total. The number of nitrogens with zero attached hydrogens (tertiary/aromatic N) is 1. The van der Waals surface area contributed by atoms with Gasteiger partial charge in [0.15, 0.2) is 0 Å². The van der Waals surface area contributed by atoms with Crippen molar-refractivity contribution in [2.45, 2.75) is 6.42 Å². The zero-order valence-electron chi connectivity index (χ0n) is 17.6. The van der Waals surface area contributed by atoms with Crippen LogP contribution in [0.5, 0.6) is 0 Å². The molecule has 0 atom stereocenters. The van der Waals surface area contributed by atoms with Crippen LogP contribution in [0, 0.1) is 0 Å². The summed E-state index contributed by atoms with van der Waals surface area (Å²) in [5.41, 5.74) is 11.9. The van der Waals surface area contributed by atoms with E-state index < -0.39 is 0 Å². The van der Waals surface area contributed by atoms with Crippen molar-refractivity contribution in [3.8, 4) is 27.9 Å². The van der Waals surface area contributed by atoms with Crippen molar-refractivity contribution < 1.29 is 0 Å². The summed E-state index contributed by atoms with van der Waals surface area (Å²) in [5.74, 6) is 0. The van der Waals surface area contributed by atoms with Crippen LogP contribution in [-0.4, -0.2) is 4.57 Å². The van der Waals surface area contributed by atoms with Gasteiger partial charge in [0.1, 0.15) is 0 Å². The first kappa shape index (κ1) is 17.6. The molecule has 0 amide bonds. The summed E-state index contributed by atoms with van der Waals surface area (Å²) in [4.78, 5) is 0. The lowest BCUT2D eigenvalue weighted by Gasteiger charge is -2.10. The maximum absolute atomic E-state index is 2.42. The summed E-state index contributed by atoms with van der Waals surface area (Å²) >= 11 is 0. The molecule has 5 aromatic carbocycles. The van der Waals surface area contributed by atoms with E-state index in [-0.39, 0.29) is 0 Å². The van der Waals surface area contributed by atoms with E-state index in [0.29, 0.717) is 0 Å². The number of aromatic nitrogens is 1. The number of hydrogen-bond acceptors (Lipinski definition) is 0. The van der Waals surface area contributed by atoms with Crippen molar-refractivity contribution in [2.24, 2.45) is 0 Å². The van der Waals surface area contributed by atoms with Crippen LogP contribution in [0.4, 0.5) is 0 Å². The first-order chi connectivity index (χ1) is 15.9. The van der Waals surface area contributed by atoms with Gasteiger partial charge in [0.25, 0.3) is 0 Å². The van der Waals surface area contributed by atoms with Crippen molar-refractivity contribution in [1.82, 2.24) is 4.57 Å². The molecule has 0 aliphatic heterocycles. The van der Waals surface area contributed by atoms with Crippen molar-refractivity contribution in [2.75, 3.05) is 0 Å². The van der Waals surface area contributed by atoms with Crippen LogP contribution in [0.25, 0.3) is 49.7 Å². The first-order valence-electron chi connectivity index (χ1n) is 11.2. The summed E-state index contributed by atoms with van der Waals surface area (Å²) in [6, 6.07) is 41.8. The zero-order chi connectivity index (χ0) is 21.1. The van der Waals surface area contributed by atoms with E-state index in [9.17, 15) is 0 Å². The molecule has 6 aromatic rings. The monoisotopic (exact) mass is 407 g/mol. The Morgan fingerprint density at radius 1 is 0.500 bits per heavy atom. The molecule has 1 heteroatoms. The lowest BCUT2D eigenvalue weighted by molar-refractivity contribution is 1.18. The van der Waals surface area contributed by atoms with E-state index in [2.05, 4.69) is 120 Å². The molecule has 0 fully saturated rings. The third-order valence-corrected chi connectivity index (χ3v) is 6.83. The SMILES string of the molecule is c1ccc(-c2ccc(-n3c4ccccc4c4c5c(ccc43)Cc3ccccc3-5)cc2)cc1. The van der Waals surface area contributed by atoms with Crippen molar-refractivity contribution >= 4 is 21.8 Å². The van der Waals surface area contributed by atoms with Gasteiger partial charge in [-0.1, -0.05) is 91.0 Å². The van der Waals surface area contributed by atoms with Gasteiger partial charge >= 0.3 is 0 Å². The van der Waals surface area contributed by atoms with Gasteiger partial charge in [0, 0.05) is 16.5 Å². The predicted octanol–water partition coefficient (Wildman–Crippen LogP) is 8.02. The number of para-hydroxylation sites is 1. The summed E-state index contributed by atoms with van der Waals surface area (Å²) < 4.78 is 2.42. The number of benzene rings is 5. The highest BCUT2D eigenvalue weighted by atomic mass is 15.0. The molecule has 150 valence electrons. The number of rotatable bonds is 2. The number of hydrogen-bond donors (Lipinski definition) is 0. The highest BCUT2D eigenvalue weighted by Crippen LogP contribution is 2.45. The van der Waals surface area contributed by atoms with Crippen LogP contribution in [0.1, 0.15) is 11.1 Å². The Bertz CT molecular complexity index is 1620. The molecule has 0 saturated carbocycles. The molecule has 7 rings (SSSR count). The van der Waals surface area contributed by atoms with Gasteiger partial charge in [0.2, 0.25) is 0 Å². The zero-order valence-corrected chi connectivity index (χ0v) is 17.6. The molecular weight excluding hydrogens is 386 g/mol. The second kappa shape index (κ2) is 6.70. The minimum absolute atomic E-state index is 1.02. The highest BCUT2D eigenvalue weighted by molar-refractivity contribution is 6.17. The Morgan fingerprint density at radius 2 is 1.22 bits per heavy atom. The quantitative estimate of drug-likeness (QED) is 0.273. The smallest absolute Gasteiger partial charge is 0.0547 e. The molecule has 0 radical (unpaired) electrons. The summed E-state index contributed by atoms with van der Waals surface area (Å²) in [5, 5.41) is 2.69. The third kappa shape index (κ3) is 2.45. The van der Waals surface area contributed by atoms with Crippen LogP contribution in [0.2, 0.25) is 0 Å². The molecule has 0 unspecified atom stereocenters. The number of fused-ring (bicyclic) bond motifs is 7. The molecule has 0 saturated heterocycles. The van der Waals surface area contributed by atoms with E-state index in [4.69, 9.17) is 0 Å². The molecular formula is C31H21N. The van der Waals surface area contributed by atoms with Crippen LogP contribution in [-0.2, 0) is 6.42 Å². The van der Waals surface area contributed by atoms with Gasteiger partial charge in [-0.2, -0.15) is 0 Å². The molecule has 32 heavy (non-hydrogen) atoms. The molecule has 1 aliphatic rings. The van der Waals surface area contributed by atoms with E-state index in [1.807, 2.05) is 0 Å². The Hall–Kier alpha value is -4.10. The molecule has 0 N–H and O–H groups in total. The average Bonchev–Trinajstić information content (AvgIpc) is 3.40. The largest absolute Gasteiger partial charge is 0.309 e. The minimum atomic E-state index is 1.02. The van der Waals surface area contributed by atoms with Gasteiger partial charge < -0.3 is 4.57 Å². The van der Waals surface area contributed by atoms with Gasteiger partial charge in [-0.25, -0.2) is 0 Å². The van der Waals surface area contributed by atoms with Crippen LogP contribution >= 0.6 is 0 Å². The fourth-order valence-electron chi connectivity index (χ4n) is 5.39. The van der Waals surface area contributed by atoms with E-state index >= 15 is 0 Å². The summed E-state index contributed by atoms with van der Waals surface area (Å²) in [6.45, 7) is 0. The molecule has 0 bridgehead atoms. The lowest BCUT2D eigenvalue weighted by Crippen LogP contribution is -1.94. The molecule has 1 heterocycles. The van der Waals surface area contributed by atoms with Crippen molar-refractivity contribution in [1.29, 1.82) is 0 Å². The Balaban J connectivity index is 1.50. The van der Waals surface area contributed by atoms with Gasteiger partial charge in [0.05, 0.1) is 11.0 Å². The second-order valence-electron chi connectivity index (χ2n) is 8.59. The van der Waals surface area contributed by atoms with E-state index in [1.54, 1.807) is 0 Å². The second-order valence-corrected chi connectivity index (χ2v) is 8.59. The van der Waals surface area contributed by atoms with Crippen molar-refractivity contribution in [3.05, 3.63) is 126 Å². The van der Waals surface area contributed by atoms with Gasteiger partial charge in [-0.15, -0.1) is 0 Å². The lowest BCUT2D eigenvalue weighted by atomic mass is 9.99. The van der Waals surface area contributed by atoms with E-state index in [0.717, 1.165) is 6.42 Å². The van der Waals surface area contributed by atoms with Crippen molar-refractivity contribution in [3.63, 3.8) is 0 Å². The highest BCUT2D eigenvalue weighted by Gasteiger charge is 2.24. The standard InChI is InChI=1S/C31H21N/c1-2-8-21(9-3-1)22-14-17-25(18-15-22)32-28-13-7-6-12-27(28)31-29(32)19-16-24-20-23-10-4-5-11-26(23)30(24)31/h1-19H,20H2. The Labute approximate surface area is 187 Å². The third-order valence-electron chi connectivity index (χ3n) is 6.83. The first-order valence-corrected chi connectivity index (χ1v) is 11.2. The molecule has 1 aromatic heterocycles. The Morgan fingerprint density at radius 3 is 2.09 bits per heavy atom. The molecule has 1 aliphatic carbocycles. The van der Waals surface area contributed by atoms with Crippen LogP contribution in [0.15, 0.2) is 115 Å². The summed E-state index contributed by atoms with van der Waals surface area (Å²) in [6.07, 6.45) is 1.02. The average molecular weight is 408 g/mol. The van der Waals surface area contributed by atoms with Crippen LogP contribution in [0.3, 0.4) is 0 Å². The topological polar surface area (TPSA) is 4.93 Å². The minimum Gasteiger partial charge on any atom is -0.309 e. The summed E-state index contributed by atoms with van der Waals surface area (Å²) in [7, 11) is 0. The maximum atomic E-state index is 2.42. The fourth-order valence-corrected chi connectivity index (χ4v) is 5.39.